The molecule has 1 unspecified atom stereocenters. The number of carbonyl (C=O) groups excluding carboxylic acids is 2. The van der Waals surface area contributed by atoms with Crippen LogP contribution >= 0.6 is 0 Å². The van der Waals surface area contributed by atoms with E-state index in [1.54, 1.807) is 0 Å². The molecule has 0 bridgehead atoms. The van der Waals surface area contributed by atoms with Crippen molar-refractivity contribution in [1.29, 1.82) is 0 Å². The van der Waals surface area contributed by atoms with Crippen molar-refractivity contribution < 1.29 is 24.6 Å². The van der Waals surface area contributed by atoms with E-state index < -0.39 is 29.9 Å². The smallest absolute Gasteiger partial charge is 0.329 e. The highest BCUT2D eigenvalue weighted by Crippen LogP contribution is 2.18. The third-order valence-corrected chi connectivity index (χ3v) is 2.56. The van der Waals surface area contributed by atoms with Crippen LogP contribution in [0, 0.1) is 0 Å². The Bertz CT molecular complexity index is 333. The molecule has 2 atom stereocenters. The highest BCUT2D eigenvalue weighted by Gasteiger charge is 2.40. The fourth-order valence-corrected chi connectivity index (χ4v) is 1.70. The van der Waals surface area contributed by atoms with Gasteiger partial charge in [0.15, 0.2) is 6.04 Å². The van der Waals surface area contributed by atoms with Crippen LogP contribution in [0.15, 0.2) is 0 Å². The van der Waals surface area contributed by atoms with E-state index in [-0.39, 0.29) is 26.1 Å². The molecular weight excluding hydrogens is 230 g/mol. The fourth-order valence-electron chi connectivity index (χ4n) is 1.70. The lowest BCUT2D eigenvalue weighted by atomic mass is 10.2. The highest BCUT2D eigenvalue weighted by molar-refractivity contribution is 5.89. The molecule has 0 radical (unpaired) electrons. The number of aliphatic hydroxyl groups excluding tert-OH is 1. The van der Waals surface area contributed by atoms with Gasteiger partial charge in [-0.3, -0.25) is 9.59 Å². The number of nitrogens with zero attached hydrogens (tertiary/aromatic N) is 1. The first-order chi connectivity index (χ1) is 7.97. The molecule has 0 saturated carbocycles. The molecule has 1 aliphatic rings. The Morgan fingerprint density at radius 3 is 2.59 bits per heavy atom. The number of aliphatic hydroxyl groups is 1. The van der Waals surface area contributed by atoms with Gasteiger partial charge in [-0.2, -0.15) is 0 Å². The van der Waals surface area contributed by atoms with E-state index in [4.69, 9.17) is 10.8 Å². The number of aliphatic carboxylic acids is 1. The van der Waals surface area contributed by atoms with Gasteiger partial charge in [0.25, 0.3) is 0 Å². The minimum Gasteiger partial charge on any atom is -0.480 e. The van der Waals surface area contributed by atoms with Crippen LogP contribution in [0.25, 0.3) is 0 Å². The van der Waals surface area contributed by atoms with Crippen molar-refractivity contribution in [1.82, 2.24) is 10.2 Å². The van der Waals surface area contributed by atoms with Crippen LogP contribution in [0.1, 0.15) is 6.42 Å². The van der Waals surface area contributed by atoms with Crippen molar-refractivity contribution in [2.45, 2.75) is 18.6 Å². The van der Waals surface area contributed by atoms with Crippen molar-refractivity contribution in [3.8, 4) is 0 Å². The van der Waals surface area contributed by atoms with Gasteiger partial charge in [0, 0.05) is 6.54 Å². The monoisotopic (exact) mass is 245 g/mol. The van der Waals surface area contributed by atoms with Crippen LogP contribution in [0.2, 0.25) is 0 Å². The lowest BCUT2D eigenvalue weighted by Crippen LogP contribution is -2.49. The SMILES string of the molecule is NCC(=O)NCC(=O)N1CCC(O)[C@H]1C(=O)O. The number of rotatable bonds is 4. The van der Waals surface area contributed by atoms with Crippen molar-refractivity contribution in [2.24, 2.45) is 5.73 Å². The van der Waals surface area contributed by atoms with Crippen molar-refractivity contribution in [3.63, 3.8) is 0 Å². The summed E-state index contributed by atoms with van der Waals surface area (Å²) in [6.45, 7) is -0.389. The molecule has 1 fully saturated rings. The predicted octanol–water partition coefficient (Wildman–Crippen LogP) is -2.89. The summed E-state index contributed by atoms with van der Waals surface area (Å²) < 4.78 is 0. The van der Waals surface area contributed by atoms with E-state index in [2.05, 4.69) is 5.32 Å². The molecule has 1 saturated heterocycles. The van der Waals surface area contributed by atoms with E-state index in [9.17, 15) is 19.5 Å². The van der Waals surface area contributed by atoms with Gasteiger partial charge in [-0.1, -0.05) is 0 Å². The highest BCUT2D eigenvalue weighted by atomic mass is 16.4. The molecule has 1 aliphatic heterocycles. The molecule has 0 aromatic rings. The molecule has 2 amide bonds. The van der Waals surface area contributed by atoms with Crippen molar-refractivity contribution in [2.75, 3.05) is 19.6 Å². The maximum Gasteiger partial charge on any atom is 0.329 e. The molecule has 0 aromatic carbocycles. The number of carboxylic acids is 1. The molecular formula is C9H15N3O5. The van der Waals surface area contributed by atoms with Crippen LogP contribution in [-0.4, -0.2) is 64.7 Å². The number of amides is 2. The third kappa shape index (κ3) is 3.14. The Morgan fingerprint density at radius 2 is 2.06 bits per heavy atom. The number of nitrogens with two attached hydrogens (primary N) is 1. The Labute approximate surface area is 97.4 Å². The van der Waals surface area contributed by atoms with E-state index in [0.29, 0.717) is 0 Å². The van der Waals surface area contributed by atoms with Gasteiger partial charge in [0.2, 0.25) is 11.8 Å². The first kappa shape index (κ1) is 13.4. The molecule has 0 aliphatic carbocycles. The summed E-state index contributed by atoms with van der Waals surface area (Å²) in [7, 11) is 0. The summed E-state index contributed by atoms with van der Waals surface area (Å²) in [5.74, 6) is -2.30. The van der Waals surface area contributed by atoms with E-state index in [0.717, 1.165) is 4.90 Å². The van der Waals surface area contributed by atoms with Gasteiger partial charge >= 0.3 is 5.97 Å². The van der Waals surface area contributed by atoms with E-state index in [1.165, 1.54) is 0 Å². The zero-order valence-corrected chi connectivity index (χ0v) is 9.13. The molecule has 5 N–H and O–H groups in total. The molecule has 8 heteroatoms. The number of hydrogen-bond donors (Lipinski definition) is 4. The minimum absolute atomic E-state index is 0.162. The Morgan fingerprint density at radius 1 is 1.41 bits per heavy atom. The lowest BCUT2D eigenvalue weighted by molar-refractivity contribution is -0.150. The molecule has 8 nitrogen and oxygen atoms in total. The second kappa shape index (κ2) is 5.60. The first-order valence-corrected chi connectivity index (χ1v) is 5.14. The number of nitrogens with one attached hydrogen (secondary N) is 1. The molecule has 1 rings (SSSR count). The van der Waals surface area contributed by atoms with Gasteiger partial charge in [-0.05, 0) is 6.42 Å². The molecule has 0 spiro atoms. The van der Waals surface area contributed by atoms with Crippen molar-refractivity contribution in [3.05, 3.63) is 0 Å². The number of carbonyl (C=O) groups is 3. The Balaban J connectivity index is 2.57. The normalized spacial score (nSPS) is 23.5. The van der Waals surface area contributed by atoms with Gasteiger partial charge in [0.1, 0.15) is 0 Å². The number of hydrogen-bond acceptors (Lipinski definition) is 5. The van der Waals surface area contributed by atoms with Gasteiger partial charge in [-0.15, -0.1) is 0 Å². The van der Waals surface area contributed by atoms with Crippen molar-refractivity contribution >= 4 is 17.8 Å². The van der Waals surface area contributed by atoms with Crippen LogP contribution in [0.3, 0.4) is 0 Å². The standard InChI is InChI=1S/C9H15N3O5/c10-3-6(14)11-4-7(15)12-2-1-5(13)8(12)9(16)17/h5,8,13H,1-4,10H2,(H,11,14)(H,16,17)/t5?,8-/m0/s1. The van der Waals surface area contributed by atoms with Crippen LogP contribution in [0.4, 0.5) is 0 Å². The predicted molar refractivity (Wildman–Crippen MR) is 55.8 cm³/mol. The lowest BCUT2D eigenvalue weighted by Gasteiger charge is -2.22. The largest absolute Gasteiger partial charge is 0.480 e. The average molecular weight is 245 g/mol. The maximum atomic E-state index is 11.6. The Hall–Kier alpha value is -1.67. The zero-order chi connectivity index (χ0) is 13.0. The van der Waals surface area contributed by atoms with Crippen LogP contribution < -0.4 is 11.1 Å². The summed E-state index contributed by atoms with van der Waals surface area (Å²) >= 11 is 0. The van der Waals surface area contributed by atoms with E-state index in [1.807, 2.05) is 0 Å². The summed E-state index contributed by atoms with van der Waals surface area (Å²) in [6, 6.07) is -1.24. The average Bonchev–Trinajstić information content (AvgIpc) is 2.67. The summed E-state index contributed by atoms with van der Waals surface area (Å²) in [5.41, 5.74) is 5.04. The number of likely N-dealkylation sites (tertiary alicyclic amines) is 1. The van der Waals surface area contributed by atoms with E-state index >= 15 is 0 Å². The second-order valence-corrected chi connectivity index (χ2v) is 3.71. The quantitative estimate of drug-likeness (QED) is 0.420. The summed E-state index contributed by atoms with van der Waals surface area (Å²) in [6.07, 6.45) is -0.852. The van der Waals surface area contributed by atoms with Crippen LogP contribution in [0.5, 0.6) is 0 Å². The topological polar surface area (TPSA) is 133 Å². The third-order valence-electron chi connectivity index (χ3n) is 2.56. The summed E-state index contributed by atoms with van der Waals surface area (Å²) in [5, 5.41) is 20.5. The first-order valence-electron chi connectivity index (χ1n) is 5.14. The molecule has 1 heterocycles. The fraction of sp³-hybridized carbons (Fsp3) is 0.667. The van der Waals surface area contributed by atoms with Gasteiger partial charge in [-0.25, -0.2) is 4.79 Å². The molecule has 0 aromatic heterocycles. The zero-order valence-electron chi connectivity index (χ0n) is 9.13. The van der Waals surface area contributed by atoms with Gasteiger partial charge in [0.05, 0.1) is 19.2 Å². The van der Waals surface area contributed by atoms with Crippen LogP contribution in [-0.2, 0) is 14.4 Å². The minimum atomic E-state index is -1.26. The molecule has 96 valence electrons. The maximum absolute atomic E-state index is 11.6. The number of carboxylic acid groups (broad SMARTS) is 1. The summed E-state index contributed by atoms with van der Waals surface area (Å²) in [4.78, 5) is 34.4. The Kier molecular flexibility index (Phi) is 4.41. The second-order valence-electron chi connectivity index (χ2n) is 3.71. The van der Waals surface area contributed by atoms with Gasteiger partial charge < -0.3 is 26.2 Å². The molecule has 17 heavy (non-hydrogen) atoms.